The van der Waals surface area contributed by atoms with Crippen LogP contribution in [-0.4, -0.2) is 65.1 Å². The first-order valence-corrected chi connectivity index (χ1v) is 7.63. The molecular formula is C15H22N6O. The second kappa shape index (κ2) is 7.07. The number of hydrogen-bond acceptors (Lipinski definition) is 5. The summed E-state index contributed by atoms with van der Waals surface area (Å²) < 4.78 is 0. The lowest BCUT2D eigenvalue weighted by molar-refractivity contribution is 0.154. The van der Waals surface area contributed by atoms with Gasteiger partial charge in [-0.25, -0.2) is 14.8 Å². The van der Waals surface area contributed by atoms with Gasteiger partial charge in [0.1, 0.15) is 11.8 Å². The maximum Gasteiger partial charge on any atom is 0.320 e. The normalized spacial score (nSPS) is 14.6. The van der Waals surface area contributed by atoms with Crippen molar-refractivity contribution in [3.8, 4) is 6.07 Å². The molecule has 2 amide bonds. The van der Waals surface area contributed by atoms with E-state index < -0.39 is 0 Å². The molecule has 118 valence electrons. The summed E-state index contributed by atoms with van der Waals surface area (Å²) in [5, 5.41) is 9.00. The number of nitrogens with zero attached hydrogens (tertiary/aromatic N) is 6. The first-order chi connectivity index (χ1) is 10.6. The number of piperazine rings is 1. The SMILES string of the molecule is CCN(CC)C(=O)N1CCN(c2nc(C)cc(C#N)n2)CC1. The van der Waals surface area contributed by atoms with E-state index in [-0.39, 0.29) is 6.03 Å². The zero-order valence-corrected chi connectivity index (χ0v) is 13.4. The summed E-state index contributed by atoms with van der Waals surface area (Å²) in [5.41, 5.74) is 1.16. The summed E-state index contributed by atoms with van der Waals surface area (Å²) in [6.07, 6.45) is 0. The predicted octanol–water partition coefficient (Wildman–Crippen LogP) is 1.24. The molecule has 0 N–H and O–H groups in total. The Morgan fingerprint density at radius 2 is 1.91 bits per heavy atom. The standard InChI is InChI=1S/C15H22N6O/c1-4-19(5-2)15(22)21-8-6-20(7-9-21)14-17-12(3)10-13(11-16)18-14/h10H,4-9H2,1-3H3. The van der Waals surface area contributed by atoms with Crippen LogP contribution in [0.5, 0.6) is 0 Å². The molecule has 0 aliphatic carbocycles. The highest BCUT2D eigenvalue weighted by molar-refractivity contribution is 5.74. The number of anilines is 1. The minimum atomic E-state index is 0.0903. The maximum absolute atomic E-state index is 12.3. The third-order valence-electron chi connectivity index (χ3n) is 3.82. The minimum absolute atomic E-state index is 0.0903. The summed E-state index contributed by atoms with van der Waals surface area (Å²) in [6.45, 7) is 9.94. The van der Waals surface area contributed by atoms with Crippen LogP contribution in [0.1, 0.15) is 25.2 Å². The van der Waals surface area contributed by atoms with Crippen molar-refractivity contribution in [2.75, 3.05) is 44.2 Å². The van der Waals surface area contributed by atoms with E-state index in [1.54, 1.807) is 6.07 Å². The van der Waals surface area contributed by atoms with Crippen LogP contribution in [0.25, 0.3) is 0 Å². The van der Waals surface area contributed by atoms with E-state index in [4.69, 9.17) is 5.26 Å². The van der Waals surface area contributed by atoms with Gasteiger partial charge in [-0.05, 0) is 26.8 Å². The number of urea groups is 1. The molecule has 2 heterocycles. The summed E-state index contributed by atoms with van der Waals surface area (Å²) >= 11 is 0. The lowest BCUT2D eigenvalue weighted by Crippen LogP contribution is -2.53. The number of aryl methyl sites for hydroxylation is 1. The number of hydrogen-bond donors (Lipinski definition) is 0. The van der Waals surface area contributed by atoms with Crippen molar-refractivity contribution in [2.45, 2.75) is 20.8 Å². The van der Waals surface area contributed by atoms with E-state index in [0.29, 0.717) is 37.8 Å². The zero-order valence-electron chi connectivity index (χ0n) is 13.4. The van der Waals surface area contributed by atoms with Gasteiger partial charge in [-0.1, -0.05) is 0 Å². The topological polar surface area (TPSA) is 76.4 Å². The van der Waals surface area contributed by atoms with E-state index in [1.165, 1.54) is 0 Å². The molecule has 0 radical (unpaired) electrons. The van der Waals surface area contributed by atoms with Gasteiger partial charge >= 0.3 is 6.03 Å². The summed E-state index contributed by atoms with van der Waals surface area (Å²) in [7, 11) is 0. The highest BCUT2D eigenvalue weighted by Gasteiger charge is 2.25. The number of carbonyl (C=O) groups excluding carboxylic acids is 1. The first kappa shape index (κ1) is 16.0. The molecule has 0 unspecified atom stereocenters. The Morgan fingerprint density at radius 1 is 1.27 bits per heavy atom. The molecule has 0 saturated carbocycles. The van der Waals surface area contributed by atoms with Crippen LogP contribution in [0.15, 0.2) is 6.07 Å². The van der Waals surface area contributed by atoms with Crippen molar-refractivity contribution in [3.05, 3.63) is 17.5 Å². The fraction of sp³-hybridized carbons (Fsp3) is 0.600. The average Bonchev–Trinajstić information content (AvgIpc) is 2.55. The largest absolute Gasteiger partial charge is 0.337 e. The van der Waals surface area contributed by atoms with E-state index in [2.05, 4.69) is 16.0 Å². The molecule has 1 aromatic rings. The van der Waals surface area contributed by atoms with E-state index in [0.717, 1.165) is 18.8 Å². The van der Waals surface area contributed by atoms with Crippen LogP contribution >= 0.6 is 0 Å². The van der Waals surface area contributed by atoms with Crippen LogP contribution in [0.3, 0.4) is 0 Å². The zero-order chi connectivity index (χ0) is 16.1. The molecular weight excluding hydrogens is 280 g/mol. The molecule has 0 aromatic carbocycles. The van der Waals surface area contributed by atoms with Crippen LogP contribution in [-0.2, 0) is 0 Å². The van der Waals surface area contributed by atoms with Crippen molar-refractivity contribution in [2.24, 2.45) is 0 Å². The molecule has 0 bridgehead atoms. The van der Waals surface area contributed by atoms with Gasteiger partial charge in [-0.2, -0.15) is 5.26 Å². The lowest BCUT2D eigenvalue weighted by atomic mass is 10.3. The molecule has 1 aliphatic heterocycles. The third-order valence-corrected chi connectivity index (χ3v) is 3.82. The van der Waals surface area contributed by atoms with Crippen molar-refractivity contribution in [1.82, 2.24) is 19.8 Å². The number of carbonyl (C=O) groups is 1. The Morgan fingerprint density at radius 3 is 2.45 bits per heavy atom. The summed E-state index contributed by atoms with van der Waals surface area (Å²) in [4.78, 5) is 26.7. The Kier molecular flexibility index (Phi) is 5.15. The Hall–Kier alpha value is -2.36. The molecule has 7 nitrogen and oxygen atoms in total. The molecule has 0 atom stereocenters. The second-order valence-corrected chi connectivity index (χ2v) is 5.24. The number of nitriles is 1. The molecule has 7 heteroatoms. The van der Waals surface area contributed by atoms with Gasteiger partial charge < -0.3 is 14.7 Å². The van der Waals surface area contributed by atoms with Gasteiger partial charge in [0.15, 0.2) is 0 Å². The van der Waals surface area contributed by atoms with Gasteiger partial charge in [0, 0.05) is 45.0 Å². The van der Waals surface area contributed by atoms with Crippen LogP contribution < -0.4 is 4.90 Å². The minimum Gasteiger partial charge on any atom is -0.337 e. The van der Waals surface area contributed by atoms with Gasteiger partial charge in [-0.15, -0.1) is 0 Å². The van der Waals surface area contributed by atoms with Gasteiger partial charge in [0.25, 0.3) is 0 Å². The summed E-state index contributed by atoms with van der Waals surface area (Å²) in [5.74, 6) is 0.575. The average molecular weight is 302 g/mol. The van der Waals surface area contributed by atoms with E-state index >= 15 is 0 Å². The van der Waals surface area contributed by atoms with Crippen molar-refractivity contribution in [3.63, 3.8) is 0 Å². The molecule has 1 aliphatic rings. The van der Waals surface area contributed by atoms with Crippen molar-refractivity contribution in [1.29, 1.82) is 5.26 Å². The van der Waals surface area contributed by atoms with Gasteiger partial charge in [0.2, 0.25) is 5.95 Å². The lowest BCUT2D eigenvalue weighted by Gasteiger charge is -2.37. The molecule has 0 spiro atoms. The quantitative estimate of drug-likeness (QED) is 0.839. The van der Waals surface area contributed by atoms with Crippen molar-refractivity contribution >= 4 is 12.0 Å². The Labute approximate surface area is 131 Å². The molecule has 1 fully saturated rings. The van der Waals surface area contributed by atoms with Gasteiger partial charge in [-0.3, -0.25) is 0 Å². The third kappa shape index (κ3) is 3.45. The number of aromatic nitrogens is 2. The Balaban J connectivity index is 2.02. The highest BCUT2D eigenvalue weighted by Crippen LogP contribution is 2.14. The maximum atomic E-state index is 12.3. The molecule has 22 heavy (non-hydrogen) atoms. The van der Waals surface area contributed by atoms with Crippen LogP contribution in [0.2, 0.25) is 0 Å². The second-order valence-electron chi connectivity index (χ2n) is 5.24. The summed E-state index contributed by atoms with van der Waals surface area (Å²) in [6, 6.07) is 3.82. The number of rotatable bonds is 3. The molecule has 1 aromatic heterocycles. The predicted molar refractivity (Wildman–Crippen MR) is 83.6 cm³/mol. The van der Waals surface area contributed by atoms with E-state index in [9.17, 15) is 4.79 Å². The fourth-order valence-corrected chi connectivity index (χ4v) is 2.54. The van der Waals surface area contributed by atoms with Crippen LogP contribution in [0.4, 0.5) is 10.7 Å². The first-order valence-electron chi connectivity index (χ1n) is 7.63. The monoisotopic (exact) mass is 302 g/mol. The molecule has 1 saturated heterocycles. The van der Waals surface area contributed by atoms with Gasteiger partial charge in [0.05, 0.1) is 0 Å². The highest BCUT2D eigenvalue weighted by atomic mass is 16.2. The van der Waals surface area contributed by atoms with E-state index in [1.807, 2.05) is 35.5 Å². The Bertz CT molecular complexity index is 570. The fourth-order valence-electron chi connectivity index (χ4n) is 2.54. The van der Waals surface area contributed by atoms with Crippen molar-refractivity contribution < 1.29 is 4.79 Å². The van der Waals surface area contributed by atoms with Crippen LogP contribution in [0, 0.1) is 18.3 Å². The smallest absolute Gasteiger partial charge is 0.320 e. The number of amides is 2. The molecule has 2 rings (SSSR count).